The Labute approximate surface area is 109 Å². The fourth-order valence-corrected chi connectivity index (χ4v) is 2.13. The molecule has 0 radical (unpaired) electrons. The maximum absolute atomic E-state index is 11.3. The van der Waals surface area contributed by atoms with Gasteiger partial charge in [-0.15, -0.1) is 0 Å². The van der Waals surface area contributed by atoms with Crippen LogP contribution in [0.25, 0.3) is 17.0 Å². The summed E-state index contributed by atoms with van der Waals surface area (Å²) in [5.74, 6) is -0.495. The second-order valence-electron chi connectivity index (χ2n) is 4.21. The standard InChI is InChI=1S/C14H11N3O2/c1-9-5-4-8-17-12(9)11(14(18)19)16-13(17)10-6-2-3-7-15-10/h2-8H,1H3,(H,18,19). The van der Waals surface area contributed by atoms with Gasteiger partial charge in [0.2, 0.25) is 0 Å². The van der Waals surface area contributed by atoms with Gasteiger partial charge in [0, 0.05) is 12.4 Å². The van der Waals surface area contributed by atoms with E-state index >= 15 is 0 Å². The van der Waals surface area contributed by atoms with E-state index in [9.17, 15) is 9.90 Å². The average molecular weight is 253 g/mol. The summed E-state index contributed by atoms with van der Waals surface area (Å²) in [6, 6.07) is 9.19. The number of aryl methyl sites for hydroxylation is 1. The van der Waals surface area contributed by atoms with E-state index in [4.69, 9.17) is 0 Å². The molecule has 19 heavy (non-hydrogen) atoms. The molecule has 0 amide bonds. The van der Waals surface area contributed by atoms with Crippen LogP contribution in [-0.2, 0) is 0 Å². The number of hydrogen-bond donors (Lipinski definition) is 1. The van der Waals surface area contributed by atoms with Crippen LogP contribution in [0.2, 0.25) is 0 Å². The van der Waals surface area contributed by atoms with Crippen LogP contribution in [0.15, 0.2) is 42.7 Å². The number of carboxylic acid groups (broad SMARTS) is 1. The maximum Gasteiger partial charge on any atom is 0.356 e. The van der Waals surface area contributed by atoms with Gasteiger partial charge in [0.05, 0.1) is 5.52 Å². The number of nitrogens with zero attached hydrogens (tertiary/aromatic N) is 3. The van der Waals surface area contributed by atoms with E-state index in [0.717, 1.165) is 5.56 Å². The van der Waals surface area contributed by atoms with Gasteiger partial charge in [-0.2, -0.15) is 0 Å². The van der Waals surface area contributed by atoms with Crippen molar-refractivity contribution in [3.05, 3.63) is 54.0 Å². The lowest BCUT2D eigenvalue weighted by Crippen LogP contribution is -1.98. The highest BCUT2D eigenvalue weighted by atomic mass is 16.4. The molecule has 5 heteroatoms. The minimum absolute atomic E-state index is 0.0544. The molecule has 3 aromatic rings. The van der Waals surface area contributed by atoms with Crippen molar-refractivity contribution in [3.63, 3.8) is 0 Å². The minimum atomic E-state index is -1.03. The summed E-state index contributed by atoms with van der Waals surface area (Å²) in [6.07, 6.45) is 3.46. The molecule has 0 aliphatic heterocycles. The molecule has 5 nitrogen and oxygen atoms in total. The second kappa shape index (κ2) is 4.20. The Morgan fingerprint density at radius 1 is 1.26 bits per heavy atom. The zero-order valence-electron chi connectivity index (χ0n) is 10.2. The van der Waals surface area contributed by atoms with Crippen molar-refractivity contribution in [3.8, 4) is 11.5 Å². The summed E-state index contributed by atoms with van der Waals surface area (Å²) >= 11 is 0. The molecule has 0 aliphatic rings. The average Bonchev–Trinajstić information content (AvgIpc) is 2.81. The van der Waals surface area contributed by atoms with Crippen molar-refractivity contribution in [1.29, 1.82) is 0 Å². The van der Waals surface area contributed by atoms with Gasteiger partial charge in [-0.1, -0.05) is 12.1 Å². The first-order valence-electron chi connectivity index (χ1n) is 5.81. The van der Waals surface area contributed by atoms with Crippen LogP contribution in [0.1, 0.15) is 16.1 Å². The smallest absolute Gasteiger partial charge is 0.356 e. The Balaban J connectivity index is 2.39. The highest BCUT2D eigenvalue weighted by Crippen LogP contribution is 2.23. The van der Waals surface area contributed by atoms with E-state index in [0.29, 0.717) is 17.0 Å². The summed E-state index contributed by atoms with van der Waals surface area (Å²) in [5.41, 5.74) is 2.18. The number of aromatic nitrogens is 3. The van der Waals surface area contributed by atoms with Gasteiger partial charge in [-0.05, 0) is 30.7 Å². The van der Waals surface area contributed by atoms with Gasteiger partial charge in [0.25, 0.3) is 0 Å². The SMILES string of the molecule is Cc1cccn2c(-c3ccccn3)nc(C(=O)O)c12. The van der Waals surface area contributed by atoms with Gasteiger partial charge in [-0.25, -0.2) is 9.78 Å². The molecule has 0 bridgehead atoms. The van der Waals surface area contributed by atoms with Crippen LogP contribution in [0, 0.1) is 6.92 Å². The van der Waals surface area contributed by atoms with Crippen molar-refractivity contribution >= 4 is 11.5 Å². The topological polar surface area (TPSA) is 67.5 Å². The van der Waals surface area contributed by atoms with E-state index < -0.39 is 5.97 Å². The Hall–Kier alpha value is -2.69. The van der Waals surface area contributed by atoms with Crippen molar-refractivity contribution in [2.75, 3.05) is 0 Å². The summed E-state index contributed by atoms with van der Waals surface area (Å²) in [4.78, 5) is 19.8. The van der Waals surface area contributed by atoms with Gasteiger partial charge < -0.3 is 5.11 Å². The number of rotatable bonds is 2. The fraction of sp³-hybridized carbons (Fsp3) is 0.0714. The molecule has 94 valence electrons. The van der Waals surface area contributed by atoms with Crippen molar-refractivity contribution in [2.45, 2.75) is 6.92 Å². The van der Waals surface area contributed by atoms with Crippen LogP contribution >= 0.6 is 0 Å². The number of imidazole rings is 1. The number of carbonyl (C=O) groups is 1. The second-order valence-corrected chi connectivity index (χ2v) is 4.21. The highest BCUT2D eigenvalue weighted by molar-refractivity contribution is 5.95. The number of aromatic carboxylic acids is 1. The molecule has 0 fully saturated rings. The normalized spacial score (nSPS) is 10.8. The third-order valence-corrected chi connectivity index (χ3v) is 2.96. The lowest BCUT2D eigenvalue weighted by molar-refractivity contribution is 0.0693. The molecule has 3 rings (SSSR count). The number of carboxylic acids is 1. The first-order valence-corrected chi connectivity index (χ1v) is 5.81. The Bertz CT molecular complexity index is 763. The third kappa shape index (κ3) is 1.76. The van der Waals surface area contributed by atoms with Gasteiger partial charge in [-0.3, -0.25) is 9.38 Å². The Morgan fingerprint density at radius 3 is 2.79 bits per heavy atom. The van der Waals surface area contributed by atoms with Crippen LogP contribution < -0.4 is 0 Å². The maximum atomic E-state index is 11.3. The molecule has 3 aromatic heterocycles. The molecule has 0 spiro atoms. The molecule has 0 atom stereocenters. The fourth-order valence-electron chi connectivity index (χ4n) is 2.13. The van der Waals surface area contributed by atoms with Crippen LogP contribution in [0.4, 0.5) is 0 Å². The lowest BCUT2D eigenvalue weighted by Gasteiger charge is -2.01. The van der Waals surface area contributed by atoms with Crippen LogP contribution in [-0.4, -0.2) is 25.4 Å². The first kappa shape index (κ1) is 11.4. The van der Waals surface area contributed by atoms with E-state index in [1.54, 1.807) is 16.8 Å². The van der Waals surface area contributed by atoms with Crippen molar-refractivity contribution in [2.24, 2.45) is 0 Å². The van der Waals surface area contributed by atoms with Gasteiger partial charge >= 0.3 is 5.97 Å². The summed E-state index contributed by atoms with van der Waals surface area (Å²) in [7, 11) is 0. The summed E-state index contributed by atoms with van der Waals surface area (Å²) < 4.78 is 1.76. The first-order chi connectivity index (χ1) is 9.18. The molecule has 0 saturated heterocycles. The molecule has 0 unspecified atom stereocenters. The van der Waals surface area contributed by atoms with Gasteiger partial charge in [0.1, 0.15) is 5.69 Å². The lowest BCUT2D eigenvalue weighted by atomic mass is 10.2. The zero-order valence-corrected chi connectivity index (χ0v) is 10.2. The Morgan fingerprint density at radius 2 is 2.11 bits per heavy atom. The molecule has 0 aliphatic carbocycles. The number of pyridine rings is 2. The van der Waals surface area contributed by atoms with E-state index in [-0.39, 0.29) is 5.69 Å². The molecule has 1 N–H and O–H groups in total. The number of hydrogen-bond acceptors (Lipinski definition) is 3. The van der Waals surface area contributed by atoms with Crippen molar-refractivity contribution < 1.29 is 9.90 Å². The van der Waals surface area contributed by atoms with Crippen LogP contribution in [0.3, 0.4) is 0 Å². The summed E-state index contributed by atoms with van der Waals surface area (Å²) in [5, 5.41) is 9.27. The molecule has 0 aromatic carbocycles. The molecular weight excluding hydrogens is 242 g/mol. The highest BCUT2D eigenvalue weighted by Gasteiger charge is 2.19. The minimum Gasteiger partial charge on any atom is -0.476 e. The van der Waals surface area contributed by atoms with Crippen LogP contribution in [0.5, 0.6) is 0 Å². The summed E-state index contributed by atoms with van der Waals surface area (Å²) in [6.45, 7) is 1.87. The Kier molecular flexibility index (Phi) is 2.52. The molecule has 0 saturated carbocycles. The molecule has 3 heterocycles. The van der Waals surface area contributed by atoms with E-state index in [1.165, 1.54) is 0 Å². The van der Waals surface area contributed by atoms with Gasteiger partial charge in [0.15, 0.2) is 11.5 Å². The van der Waals surface area contributed by atoms with E-state index in [2.05, 4.69) is 9.97 Å². The largest absolute Gasteiger partial charge is 0.476 e. The zero-order chi connectivity index (χ0) is 13.4. The predicted molar refractivity (Wildman–Crippen MR) is 70.1 cm³/mol. The third-order valence-electron chi connectivity index (χ3n) is 2.96. The monoisotopic (exact) mass is 253 g/mol. The predicted octanol–water partition coefficient (Wildman–Crippen LogP) is 2.40. The van der Waals surface area contributed by atoms with Crippen molar-refractivity contribution in [1.82, 2.24) is 14.4 Å². The number of fused-ring (bicyclic) bond motifs is 1. The molecular formula is C14H11N3O2. The quantitative estimate of drug-likeness (QED) is 0.761. The van der Waals surface area contributed by atoms with E-state index in [1.807, 2.05) is 37.3 Å².